The molecule has 2 amide bonds. The molecule has 2 saturated heterocycles. The molecular formula is C19H24N2O3. The van der Waals surface area contributed by atoms with Crippen molar-refractivity contribution in [2.24, 2.45) is 11.3 Å². The number of carbonyl (C=O) groups excluding carboxylic acids is 2. The highest BCUT2D eigenvalue weighted by molar-refractivity contribution is 6.00. The summed E-state index contributed by atoms with van der Waals surface area (Å²) in [5, 5.41) is 11.6. The number of piperidine rings is 1. The van der Waals surface area contributed by atoms with Crippen molar-refractivity contribution in [3.63, 3.8) is 0 Å². The molecule has 5 heteroatoms. The zero-order chi connectivity index (χ0) is 16.7. The van der Waals surface area contributed by atoms with Crippen molar-refractivity contribution < 1.29 is 14.7 Å². The number of amides is 2. The summed E-state index contributed by atoms with van der Waals surface area (Å²) >= 11 is 0. The number of aliphatic hydroxyl groups is 1. The summed E-state index contributed by atoms with van der Waals surface area (Å²) in [6.45, 7) is 3.47. The number of likely N-dealkylation sites (tertiary alicyclic amines) is 1. The van der Waals surface area contributed by atoms with Crippen molar-refractivity contribution in [2.45, 2.75) is 38.1 Å². The molecule has 1 saturated carbocycles. The SMILES string of the molecule is O=C1CCC(c2cccc(CN3CC4(CC(CO)C4)C3)c2)C(=O)N1. The van der Waals surface area contributed by atoms with Crippen LogP contribution in [-0.2, 0) is 16.1 Å². The summed E-state index contributed by atoms with van der Waals surface area (Å²) in [7, 11) is 0. The van der Waals surface area contributed by atoms with Gasteiger partial charge in [-0.05, 0) is 41.7 Å². The van der Waals surface area contributed by atoms with Gasteiger partial charge in [-0.1, -0.05) is 24.3 Å². The Morgan fingerprint density at radius 1 is 1.25 bits per heavy atom. The molecule has 0 aromatic heterocycles. The van der Waals surface area contributed by atoms with E-state index in [9.17, 15) is 9.59 Å². The molecule has 1 aromatic rings. The van der Waals surface area contributed by atoms with Gasteiger partial charge in [0.25, 0.3) is 0 Å². The summed E-state index contributed by atoms with van der Waals surface area (Å²) in [6.07, 6.45) is 3.34. The van der Waals surface area contributed by atoms with Gasteiger partial charge in [0, 0.05) is 32.7 Å². The van der Waals surface area contributed by atoms with Gasteiger partial charge in [-0.15, -0.1) is 0 Å². The van der Waals surface area contributed by atoms with E-state index in [1.165, 1.54) is 5.56 Å². The van der Waals surface area contributed by atoms with Crippen molar-refractivity contribution in [1.82, 2.24) is 10.2 Å². The predicted molar refractivity (Wildman–Crippen MR) is 89.1 cm³/mol. The van der Waals surface area contributed by atoms with Crippen LogP contribution in [0.2, 0.25) is 0 Å². The highest BCUT2D eigenvalue weighted by atomic mass is 16.3. The van der Waals surface area contributed by atoms with Crippen LogP contribution < -0.4 is 5.32 Å². The lowest BCUT2D eigenvalue weighted by Crippen LogP contribution is -2.62. The van der Waals surface area contributed by atoms with Crippen molar-refractivity contribution in [3.05, 3.63) is 35.4 Å². The lowest BCUT2D eigenvalue weighted by Gasteiger charge is -2.59. The topological polar surface area (TPSA) is 69.6 Å². The van der Waals surface area contributed by atoms with E-state index in [0.29, 0.717) is 30.8 Å². The molecule has 1 aliphatic carbocycles. The Kier molecular flexibility index (Phi) is 3.93. The van der Waals surface area contributed by atoms with Crippen LogP contribution in [0.3, 0.4) is 0 Å². The van der Waals surface area contributed by atoms with Crippen LogP contribution in [0.5, 0.6) is 0 Å². The van der Waals surface area contributed by atoms with Crippen LogP contribution in [0.1, 0.15) is 42.7 Å². The number of carbonyl (C=O) groups is 2. The normalized spacial score (nSPS) is 26.8. The van der Waals surface area contributed by atoms with E-state index in [1.54, 1.807) is 0 Å². The first-order valence-electron chi connectivity index (χ1n) is 8.83. The molecule has 24 heavy (non-hydrogen) atoms. The highest BCUT2D eigenvalue weighted by Gasteiger charge is 2.51. The average molecular weight is 328 g/mol. The summed E-state index contributed by atoms with van der Waals surface area (Å²) in [4.78, 5) is 25.8. The summed E-state index contributed by atoms with van der Waals surface area (Å²) in [6, 6.07) is 8.22. The van der Waals surface area contributed by atoms with E-state index in [1.807, 2.05) is 12.1 Å². The number of hydrogen-bond donors (Lipinski definition) is 2. The van der Waals surface area contributed by atoms with E-state index in [4.69, 9.17) is 5.11 Å². The highest BCUT2D eigenvalue weighted by Crippen LogP contribution is 2.51. The van der Waals surface area contributed by atoms with Crippen LogP contribution in [0, 0.1) is 11.3 Å². The molecule has 4 rings (SSSR count). The Balaban J connectivity index is 1.36. The van der Waals surface area contributed by atoms with Gasteiger partial charge in [0.15, 0.2) is 0 Å². The third-order valence-electron chi connectivity index (χ3n) is 5.82. The summed E-state index contributed by atoms with van der Waals surface area (Å²) < 4.78 is 0. The molecule has 3 aliphatic rings. The molecule has 1 spiro atoms. The maximum Gasteiger partial charge on any atom is 0.234 e. The summed E-state index contributed by atoms with van der Waals surface area (Å²) in [5.41, 5.74) is 2.70. The third kappa shape index (κ3) is 2.87. The van der Waals surface area contributed by atoms with Gasteiger partial charge in [-0.25, -0.2) is 0 Å². The second-order valence-electron chi connectivity index (χ2n) is 7.85. The maximum atomic E-state index is 12.0. The van der Waals surface area contributed by atoms with Crippen LogP contribution in [-0.4, -0.2) is 41.5 Å². The average Bonchev–Trinajstić information content (AvgIpc) is 2.48. The minimum Gasteiger partial charge on any atom is -0.396 e. The number of aliphatic hydroxyl groups excluding tert-OH is 1. The Labute approximate surface area is 142 Å². The van der Waals surface area contributed by atoms with Gasteiger partial charge in [0.2, 0.25) is 11.8 Å². The van der Waals surface area contributed by atoms with Crippen LogP contribution in [0.15, 0.2) is 24.3 Å². The third-order valence-corrected chi connectivity index (χ3v) is 5.82. The van der Waals surface area contributed by atoms with Gasteiger partial charge < -0.3 is 5.11 Å². The Bertz CT molecular complexity index is 658. The predicted octanol–water partition coefficient (Wildman–Crippen LogP) is 1.41. The number of nitrogens with one attached hydrogen (secondary N) is 1. The van der Waals surface area contributed by atoms with Crippen molar-refractivity contribution >= 4 is 11.8 Å². The number of rotatable bonds is 4. The van der Waals surface area contributed by atoms with Gasteiger partial charge in [-0.3, -0.25) is 19.8 Å². The van der Waals surface area contributed by atoms with E-state index < -0.39 is 0 Å². The molecule has 2 N–H and O–H groups in total. The second-order valence-corrected chi connectivity index (χ2v) is 7.85. The minimum absolute atomic E-state index is 0.167. The van der Waals surface area contributed by atoms with E-state index in [0.717, 1.165) is 38.0 Å². The molecule has 1 atom stereocenters. The molecule has 2 aliphatic heterocycles. The van der Waals surface area contributed by atoms with Crippen LogP contribution in [0.4, 0.5) is 0 Å². The lowest BCUT2D eigenvalue weighted by molar-refractivity contribution is -0.134. The first-order valence-corrected chi connectivity index (χ1v) is 8.83. The molecule has 1 aromatic carbocycles. The fraction of sp³-hybridized carbons (Fsp3) is 0.579. The zero-order valence-electron chi connectivity index (χ0n) is 13.8. The fourth-order valence-corrected chi connectivity index (χ4v) is 4.74. The van der Waals surface area contributed by atoms with Gasteiger partial charge >= 0.3 is 0 Å². The Hall–Kier alpha value is -1.72. The van der Waals surface area contributed by atoms with Crippen molar-refractivity contribution in [3.8, 4) is 0 Å². The van der Waals surface area contributed by atoms with Crippen LogP contribution >= 0.6 is 0 Å². The molecular weight excluding hydrogens is 304 g/mol. The van der Waals surface area contributed by atoms with Crippen LogP contribution in [0.25, 0.3) is 0 Å². The molecule has 0 bridgehead atoms. The summed E-state index contributed by atoms with van der Waals surface area (Å²) in [5.74, 6) is -0.0268. The number of nitrogens with zero attached hydrogens (tertiary/aromatic N) is 1. The first kappa shape index (κ1) is 15.8. The second kappa shape index (κ2) is 5.97. The molecule has 5 nitrogen and oxygen atoms in total. The smallest absolute Gasteiger partial charge is 0.234 e. The fourth-order valence-electron chi connectivity index (χ4n) is 4.74. The molecule has 3 fully saturated rings. The largest absolute Gasteiger partial charge is 0.396 e. The van der Waals surface area contributed by atoms with Gasteiger partial charge in [-0.2, -0.15) is 0 Å². The Morgan fingerprint density at radius 3 is 2.75 bits per heavy atom. The number of benzene rings is 1. The van der Waals surface area contributed by atoms with Crippen molar-refractivity contribution in [2.75, 3.05) is 19.7 Å². The zero-order valence-corrected chi connectivity index (χ0v) is 13.8. The van der Waals surface area contributed by atoms with Crippen molar-refractivity contribution in [1.29, 1.82) is 0 Å². The quantitative estimate of drug-likeness (QED) is 0.820. The van der Waals surface area contributed by atoms with E-state index in [-0.39, 0.29) is 17.7 Å². The molecule has 128 valence electrons. The van der Waals surface area contributed by atoms with Gasteiger partial charge in [0.1, 0.15) is 0 Å². The minimum atomic E-state index is -0.206. The van der Waals surface area contributed by atoms with E-state index in [2.05, 4.69) is 22.3 Å². The maximum absolute atomic E-state index is 12.0. The molecule has 1 unspecified atom stereocenters. The van der Waals surface area contributed by atoms with E-state index >= 15 is 0 Å². The number of hydrogen-bond acceptors (Lipinski definition) is 4. The standard InChI is InChI=1S/C19H24N2O3/c22-10-14-7-19(8-14)11-21(12-19)9-13-2-1-3-15(6-13)16-4-5-17(23)20-18(16)24/h1-3,6,14,16,22H,4-5,7-12H2,(H,20,23,24). The lowest BCUT2D eigenvalue weighted by atomic mass is 9.58. The van der Waals surface area contributed by atoms with Gasteiger partial charge in [0.05, 0.1) is 5.92 Å². The Morgan fingerprint density at radius 2 is 2.04 bits per heavy atom. The first-order chi connectivity index (χ1) is 11.6. The number of imide groups is 1. The molecule has 2 heterocycles. The monoisotopic (exact) mass is 328 g/mol. The molecule has 0 radical (unpaired) electrons.